The third kappa shape index (κ3) is 3.58. The van der Waals surface area contributed by atoms with E-state index in [1.807, 2.05) is 36.4 Å². The Balaban J connectivity index is 1.21. The minimum atomic E-state index is 0.620. The van der Waals surface area contributed by atoms with Gasteiger partial charge in [-0.1, -0.05) is 42.5 Å². The molecular weight excluding hydrogens is 633 g/mol. The molecule has 11 rings (SSSR count). The second-order valence-corrected chi connectivity index (χ2v) is 13.8. The fraction of sp³-hybridized carbons (Fsp3) is 0. The zero-order valence-corrected chi connectivity index (χ0v) is 27.1. The Bertz CT molecular complexity index is 3360. The van der Waals surface area contributed by atoms with Crippen molar-refractivity contribution in [2.45, 2.75) is 0 Å². The quantitative estimate of drug-likeness (QED) is 0.174. The van der Waals surface area contributed by atoms with Crippen LogP contribution < -0.4 is 0 Å². The van der Waals surface area contributed by atoms with Gasteiger partial charge < -0.3 is 13.6 Å². The molecule has 0 unspecified atom stereocenters. The molecule has 0 bridgehead atoms. The molecule has 0 saturated carbocycles. The Morgan fingerprint density at radius 3 is 2.04 bits per heavy atom. The van der Waals surface area contributed by atoms with E-state index in [1.54, 1.807) is 11.3 Å². The summed E-state index contributed by atoms with van der Waals surface area (Å²) in [6.07, 6.45) is 0. The van der Waals surface area contributed by atoms with Crippen LogP contribution in [0.15, 0.2) is 138 Å². The minimum Gasteiger partial charge on any atom is -0.456 e. The van der Waals surface area contributed by atoms with Gasteiger partial charge in [0.05, 0.1) is 45.7 Å². The van der Waals surface area contributed by atoms with Crippen LogP contribution in [0.5, 0.6) is 0 Å². The maximum absolute atomic E-state index is 9.63. The van der Waals surface area contributed by atoms with Crippen molar-refractivity contribution in [3.05, 3.63) is 150 Å². The number of nitriles is 1. The Labute approximate surface area is 288 Å². The van der Waals surface area contributed by atoms with Gasteiger partial charge in [-0.2, -0.15) is 5.26 Å². The fourth-order valence-electron chi connectivity index (χ4n) is 7.99. The van der Waals surface area contributed by atoms with Crippen molar-refractivity contribution >= 4 is 103 Å². The van der Waals surface area contributed by atoms with E-state index in [2.05, 4.69) is 117 Å². The molecule has 0 radical (unpaired) electrons. The molecule has 4 aromatic heterocycles. The van der Waals surface area contributed by atoms with E-state index in [0.29, 0.717) is 11.3 Å². The number of rotatable bonds is 2. The zero-order valence-electron chi connectivity index (χ0n) is 26.3. The molecule has 230 valence electrons. The predicted octanol–water partition coefficient (Wildman–Crippen LogP) is 12.6. The predicted molar refractivity (Wildman–Crippen MR) is 206 cm³/mol. The number of hydrogen-bond acceptors (Lipinski definition) is 3. The standard InChI is InChI=1S/C44H22N4OS/c1-46-26-11-16-38-33(21-26)30-14-17-40-43(31-7-3-5-9-39(31)49-40)44(30)48(38)28-13-19-42-35(23-28)34-22-27(12-18-41(34)50-42)47-36-8-4-2-6-29(36)32-20-25(24-45)10-15-37(32)47/h2-23H. The maximum atomic E-state index is 9.63. The van der Waals surface area contributed by atoms with Crippen molar-refractivity contribution in [2.24, 2.45) is 0 Å². The highest BCUT2D eigenvalue weighted by molar-refractivity contribution is 7.25. The van der Waals surface area contributed by atoms with Crippen molar-refractivity contribution in [1.29, 1.82) is 5.26 Å². The average Bonchev–Trinajstić information content (AvgIpc) is 3.91. The normalized spacial score (nSPS) is 12.0. The van der Waals surface area contributed by atoms with Crippen LogP contribution in [-0.2, 0) is 0 Å². The van der Waals surface area contributed by atoms with Crippen LogP contribution in [0.4, 0.5) is 5.69 Å². The van der Waals surface area contributed by atoms with E-state index in [1.165, 1.54) is 20.2 Å². The number of para-hydroxylation sites is 2. The van der Waals surface area contributed by atoms with Gasteiger partial charge in [0.25, 0.3) is 0 Å². The fourth-order valence-corrected chi connectivity index (χ4v) is 9.06. The van der Waals surface area contributed by atoms with Crippen LogP contribution in [0.1, 0.15) is 5.56 Å². The number of thiophene rings is 1. The highest BCUT2D eigenvalue weighted by Gasteiger charge is 2.20. The Morgan fingerprint density at radius 2 is 1.24 bits per heavy atom. The molecule has 6 heteroatoms. The molecule has 0 aliphatic rings. The number of aromatic nitrogens is 2. The second kappa shape index (κ2) is 9.84. The number of furan rings is 1. The van der Waals surface area contributed by atoms with Crippen LogP contribution in [0.25, 0.3) is 102 Å². The van der Waals surface area contributed by atoms with E-state index in [0.717, 1.165) is 76.9 Å². The van der Waals surface area contributed by atoms with Gasteiger partial charge in [0, 0.05) is 53.1 Å². The van der Waals surface area contributed by atoms with E-state index in [9.17, 15) is 5.26 Å². The van der Waals surface area contributed by atoms with Gasteiger partial charge in [-0.25, -0.2) is 4.85 Å². The van der Waals surface area contributed by atoms with Crippen LogP contribution in [-0.4, -0.2) is 9.13 Å². The Morgan fingerprint density at radius 1 is 0.560 bits per heavy atom. The third-order valence-corrected chi connectivity index (χ3v) is 11.3. The number of nitrogens with zero attached hydrogens (tertiary/aromatic N) is 4. The maximum Gasteiger partial charge on any atom is 0.188 e. The lowest BCUT2D eigenvalue weighted by atomic mass is 10.1. The summed E-state index contributed by atoms with van der Waals surface area (Å²) < 4.78 is 13.4. The molecule has 0 atom stereocenters. The van der Waals surface area contributed by atoms with Crippen LogP contribution >= 0.6 is 11.3 Å². The summed E-state index contributed by atoms with van der Waals surface area (Å²) in [6, 6.07) is 48.5. The summed E-state index contributed by atoms with van der Waals surface area (Å²) >= 11 is 1.80. The first-order valence-corrected chi connectivity index (χ1v) is 17.2. The molecule has 50 heavy (non-hydrogen) atoms. The molecule has 0 spiro atoms. The van der Waals surface area contributed by atoms with E-state index in [-0.39, 0.29) is 0 Å². The lowest BCUT2D eigenvalue weighted by Crippen LogP contribution is -1.94. The van der Waals surface area contributed by atoms with Crippen molar-refractivity contribution in [1.82, 2.24) is 9.13 Å². The highest BCUT2D eigenvalue weighted by Crippen LogP contribution is 2.44. The first-order chi connectivity index (χ1) is 24.7. The first kappa shape index (κ1) is 27.1. The summed E-state index contributed by atoms with van der Waals surface area (Å²) in [7, 11) is 0. The van der Waals surface area contributed by atoms with E-state index in [4.69, 9.17) is 11.0 Å². The van der Waals surface area contributed by atoms with Crippen molar-refractivity contribution in [3.63, 3.8) is 0 Å². The van der Waals surface area contributed by atoms with Gasteiger partial charge in [0.15, 0.2) is 5.69 Å². The van der Waals surface area contributed by atoms with Gasteiger partial charge in [0.2, 0.25) is 0 Å². The molecule has 0 aliphatic carbocycles. The van der Waals surface area contributed by atoms with E-state index >= 15 is 0 Å². The van der Waals surface area contributed by atoms with Crippen LogP contribution in [0, 0.1) is 17.9 Å². The van der Waals surface area contributed by atoms with Crippen LogP contribution in [0.3, 0.4) is 0 Å². The second-order valence-electron chi connectivity index (χ2n) is 12.7. The molecule has 11 aromatic rings. The first-order valence-electron chi connectivity index (χ1n) is 16.3. The monoisotopic (exact) mass is 654 g/mol. The van der Waals surface area contributed by atoms with Crippen LogP contribution in [0.2, 0.25) is 0 Å². The van der Waals surface area contributed by atoms with Gasteiger partial charge in [-0.3, -0.25) is 0 Å². The summed E-state index contributed by atoms with van der Waals surface area (Å²) in [4.78, 5) is 3.76. The molecular formula is C44H22N4OS. The lowest BCUT2D eigenvalue weighted by Gasteiger charge is -2.10. The SMILES string of the molecule is [C-]#[N+]c1ccc2c(c1)c1ccc3oc4ccccc4c3c1n2-c1ccc2sc3ccc(-n4c5ccccc5c5cc(C#N)ccc54)cc3c2c1. The molecule has 5 nitrogen and oxygen atoms in total. The molecule has 0 amide bonds. The summed E-state index contributed by atoms with van der Waals surface area (Å²) in [6.45, 7) is 7.73. The number of hydrogen-bond donors (Lipinski definition) is 0. The topological polar surface area (TPSA) is 51.1 Å². The summed E-state index contributed by atoms with van der Waals surface area (Å²) in [5.41, 5.74) is 9.41. The van der Waals surface area contributed by atoms with Gasteiger partial charge >= 0.3 is 0 Å². The van der Waals surface area contributed by atoms with Crippen molar-refractivity contribution in [3.8, 4) is 17.4 Å². The van der Waals surface area contributed by atoms with Crippen molar-refractivity contribution in [2.75, 3.05) is 0 Å². The summed E-state index contributed by atoms with van der Waals surface area (Å²) in [5, 5.41) is 18.5. The minimum absolute atomic E-state index is 0.620. The zero-order chi connectivity index (χ0) is 33.1. The summed E-state index contributed by atoms with van der Waals surface area (Å²) in [5.74, 6) is 0. The molecule has 4 heterocycles. The molecule has 0 fully saturated rings. The smallest absolute Gasteiger partial charge is 0.188 e. The van der Waals surface area contributed by atoms with Gasteiger partial charge in [-0.05, 0) is 96.4 Å². The third-order valence-electron chi connectivity index (χ3n) is 10.1. The number of fused-ring (bicyclic) bond motifs is 13. The largest absolute Gasteiger partial charge is 0.456 e. The van der Waals surface area contributed by atoms with Crippen molar-refractivity contribution < 1.29 is 4.42 Å². The van der Waals surface area contributed by atoms with E-state index < -0.39 is 0 Å². The molecule has 0 N–H and O–H groups in total. The highest BCUT2D eigenvalue weighted by atomic mass is 32.1. The number of benzene rings is 7. The molecule has 0 saturated heterocycles. The molecule has 0 aliphatic heterocycles. The van der Waals surface area contributed by atoms with Gasteiger partial charge in [0.1, 0.15) is 11.2 Å². The lowest BCUT2D eigenvalue weighted by molar-refractivity contribution is 0.669. The van der Waals surface area contributed by atoms with Gasteiger partial charge in [-0.15, -0.1) is 11.3 Å². The average molecular weight is 655 g/mol. The molecule has 7 aromatic carbocycles. The Kier molecular flexibility index (Phi) is 5.34. The Hall–Kier alpha value is -6.86.